The average molecular weight is 396 g/mol. The summed E-state index contributed by atoms with van der Waals surface area (Å²) in [5, 5.41) is 3.13. The van der Waals surface area contributed by atoms with Crippen LogP contribution < -0.4 is 5.32 Å². The van der Waals surface area contributed by atoms with Crippen molar-refractivity contribution in [2.75, 3.05) is 13.6 Å². The van der Waals surface area contributed by atoms with Crippen LogP contribution in [0.1, 0.15) is 70.9 Å². The quantitative estimate of drug-likeness (QED) is 0.815. The van der Waals surface area contributed by atoms with Crippen LogP contribution in [0.2, 0.25) is 0 Å². The molecule has 0 aromatic carbocycles. The summed E-state index contributed by atoms with van der Waals surface area (Å²) in [4.78, 5) is 36.3. The summed E-state index contributed by atoms with van der Waals surface area (Å²) in [6.45, 7) is 1.34. The topological polar surface area (TPSA) is 80.1 Å². The van der Waals surface area contributed by atoms with Crippen molar-refractivity contribution in [3.8, 4) is 0 Å². The van der Waals surface area contributed by atoms with Crippen LogP contribution >= 0.6 is 0 Å². The Kier molecular flexibility index (Phi) is 5.92. The van der Waals surface area contributed by atoms with Gasteiger partial charge in [0, 0.05) is 38.6 Å². The molecule has 1 aliphatic heterocycles. The monoisotopic (exact) mass is 395 g/mol. The number of aromatic nitrogens is 3. The fourth-order valence-electron chi connectivity index (χ4n) is 4.33. The zero-order valence-electron chi connectivity index (χ0n) is 17.1. The number of likely N-dealkylation sites (N-methyl/N-ethyl adjacent to an activating group) is 1. The summed E-state index contributed by atoms with van der Waals surface area (Å²) in [6.07, 6.45) is 11.5. The number of nitrogens with zero attached hydrogens (tertiary/aromatic N) is 4. The minimum Gasteiger partial charge on any atom is -0.348 e. The van der Waals surface area contributed by atoms with Crippen molar-refractivity contribution in [3.63, 3.8) is 0 Å². The van der Waals surface area contributed by atoms with Gasteiger partial charge in [0.05, 0.1) is 5.69 Å². The van der Waals surface area contributed by atoms with Crippen LogP contribution in [-0.2, 0) is 19.4 Å². The number of hydrogen-bond donors (Lipinski definition) is 1. The second-order valence-electron chi connectivity index (χ2n) is 8.13. The van der Waals surface area contributed by atoms with Gasteiger partial charge in [-0.3, -0.25) is 14.6 Å². The highest BCUT2D eigenvalue weighted by Crippen LogP contribution is 2.23. The third kappa shape index (κ3) is 4.33. The zero-order valence-corrected chi connectivity index (χ0v) is 17.1. The van der Waals surface area contributed by atoms with Gasteiger partial charge >= 0.3 is 0 Å². The Labute approximate surface area is 171 Å². The molecular formula is C22H29N5O2. The van der Waals surface area contributed by atoms with Crippen molar-refractivity contribution >= 4 is 11.8 Å². The zero-order chi connectivity index (χ0) is 20.2. The number of nitrogens with one attached hydrogen (secondary N) is 1. The second kappa shape index (κ2) is 8.76. The van der Waals surface area contributed by atoms with Crippen molar-refractivity contribution < 1.29 is 9.59 Å². The molecule has 0 radical (unpaired) electrons. The first-order valence-electron chi connectivity index (χ1n) is 10.7. The normalized spacial score (nSPS) is 16.4. The average Bonchev–Trinajstić information content (AvgIpc) is 3.40. The fourth-order valence-corrected chi connectivity index (χ4v) is 4.33. The number of rotatable bonds is 6. The molecule has 154 valence electrons. The summed E-state index contributed by atoms with van der Waals surface area (Å²) in [5.74, 6) is 0.150. The smallest absolute Gasteiger partial charge is 0.289 e. The number of imidazole rings is 1. The number of pyridine rings is 1. The molecule has 3 heterocycles. The predicted molar refractivity (Wildman–Crippen MR) is 110 cm³/mol. The predicted octanol–water partition coefficient (Wildman–Crippen LogP) is 2.60. The molecule has 1 fully saturated rings. The third-order valence-electron chi connectivity index (χ3n) is 6.05. The Morgan fingerprint density at radius 2 is 1.93 bits per heavy atom. The van der Waals surface area contributed by atoms with Gasteiger partial charge in [0.15, 0.2) is 5.82 Å². The van der Waals surface area contributed by atoms with E-state index >= 15 is 0 Å². The van der Waals surface area contributed by atoms with Gasteiger partial charge in [0.2, 0.25) is 0 Å². The van der Waals surface area contributed by atoms with Crippen LogP contribution in [0.4, 0.5) is 0 Å². The van der Waals surface area contributed by atoms with Crippen LogP contribution in [0, 0.1) is 0 Å². The largest absolute Gasteiger partial charge is 0.348 e. The molecule has 1 aliphatic carbocycles. The third-order valence-corrected chi connectivity index (χ3v) is 6.05. The number of amides is 2. The summed E-state index contributed by atoms with van der Waals surface area (Å²) in [7, 11) is 1.80. The van der Waals surface area contributed by atoms with E-state index in [0.717, 1.165) is 69.2 Å². The molecule has 0 unspecified atom stereocenters. The van der Waals surface area contributed by atoms with E-state index in [4.69, 9.17) is 0 Å². The lowest BCUT2D eigenvalue weighted by molar-refractivity contribution is 0.0778. The van der Waals surface area contributed by atoms with Gasteiger partial charge in [0.1, 0.15) is 5.69 Å². The molecule has 0 bridgehead atoms. The summed E-state index contributed by atoms with van der Waals surface area (Å²) < 4.78 is 1.97. The Hall–Kier alpha value is -2.70. The lowest BCUT2D eigenvalue weighted by Crippen LogP contribution is -2.33. The molecule has 0 saturated heterocycles. The van der Waals surface area contributed by atoms with E-state index in [2.05, 4.69) is 15.3 Å². The molecule has 2 aromatic rings. The second-order valence-corrected chi connectivity index (χ2v) is 8.13. The van der Waals surface area contributed by atoms with Crippen LogP contribution in [0.5, 0.6) is 0 Å². The molecule has 2 aromatic heterocycles. The van der Waals surface area contributed by atoms with E-state index in [0.29, 0.717) is 18.1 Å². The van der Waals surface area contributed by atoms with Crippen LogP contribution in [-0.4, -0.2) is 50.9 Å². The van der Waals surface area contributed by atoms with E-state index in [-0.39, 0.29) is 17.9 Å². The Morgan fingerprint density at radius 1 is 1.17 bits per heavy atom. The Morgan fingerprint density at radius 3 is 2.69 bits per heavy atom. The van der Waals surface area contributed by atoms with Crippen molar-refractivity contribution in [2.24, 2.45) is 0 Å². The van der Waals surface area contributed by atoms with E-state index in [9.17, 15) is 9.59 Å². The SMILES string of the molecule is CN(CCc1ccncc1)C(=O)c1nc(C(=O)NC2CCCC2)c2n1CCCC2. The van der Waals surface area contributed by atoms with E-state index in [1.54, 1.807) is 24.3 Å². The van der Waals surface area contributed by atoms with Crippen LogP contribution in [0.15, 0.2) is 24.5 Å². The van der Waals surface area contributed by atoms with Crippen molar-refractivity contribution in [1.29, 1.82) is 0 Å². The van der Waals surface area contributed by atoms with E-state index in [1.807, 2.05) is 16.7 Å². The molecule has 2 aliphatic rings. The summed E-state index contributed by atoms with van der Waals surface area (Å²) in [5.41, 5.74) is 2.50. The number of carbonyl (C=O) groups excluding carboxylic acids is 2. The van der Waals surface area contributed by atoms with Gasteiger partial charge in [-0.25, -0.2) is 4.98 Å². The van der Waals surface area contributed by atoms with Crippen molar-refractivity contribution in [3.05, 3.63) is 47.3 Å². The first-order valence-corrected chi connectivity index (χ1v) is 10.7. The summed E-state index contributed by atoms with van der Waals surface area (Å²) in [6, 6.07) is 4.16. The minimum atomic E-state index is -0.124. The van der Waals surface area contributed by atoms with Gasteiger partial charge < -0.3 is 14.8 Å². The van der Waals surface area contributed by atoms with Gasteiger partial charge in [-0.1, -0.05) is 12.8 Å². The molecule has 0 spiro atoms. The number of carbonyl (C=O) groups is 2. The molecular weight excluding hydrogens is 366 g/mol. The lowest BCUT2D eigenvalue weighted by atomic mass is 10.1. The fraction of sp³-hybridized carbons (Fsp3) is 0.545. The molecule has 4 rings (SSSR count). The maximum absolute atomic E-state index is 13.1. The molecule has 1 N–H and O–H groups in total. The lowest BCUT2D eigenvalue weighted by Gasteiger charge is -2.20. The van der Waals surface area contributed by atoms with Crippen molar-refractivity contribution in [1.82, 2.24) is 24.8 Å². The number of hydrogen-bond acceptors (Lipinski definition) is 4. The highest BCUT2D eigenvalue weighted by molar-refractivity contribution is 5.97. The highest BCUT2D eigenvalue weighted by atomic mass is 16.2. The maximum atomic E-state index is 13.1. The molecule has 29 heavy (non-hydrogen) atoms. The molecule has 7 nitrogen and oxygen atoms in total. The first-order chi connectivity index (χ1) is 14.1. The Balaban J connectivity index is 1.50. The molecule has 7 heteroatoms. The minimum absolute atomic E-state index is 0.123. The molecule has 1 saturated carbocycles. The Bertz CT molecular complexity index is 871. The summed E-state index contributed by atoms with van der Waals surface area (Å²) >= 11 is 0. The van der Waals surface area contributed by atoms with Gasteiger partial charge in [-0.15, -0.1) is 0 Å². The highest BCUT2D eigenvalue weighted by Gasteiger charge is 2.30. The standard InChI is InChI=1S/C22H29N5O2/c1-26(15-11-16-9-12-23-13-10-16)22(29)20-25-19(18-8-4-5-14-27(18)20)21(28)24-17-6-2-3-7-17/h9-10,12-13,17H,2-8,11,14-15H2,1H3,(H,24,28). The van der Waals surface area contributed by atoms with Crippen LogP contribution in [0.25, 0.3) is 0 Å². The van der Waals surface area contributed by atoms with Crippen LogP contribution in [0.3, 0.4) is 0 Å². The van der Waals surface area contributed by atoms with E-state index < -0.39 is 0 Å². The van der Waals surface area contributed by atoms with Gasteiger partial charge in [0.25, 0.3) is 11.8 Å². The molecule has 0 atom stereocenters. The molecule has 2 amide bonds. The van der Waals surface area contributed by atoms with Gasteiger partial charge in [-0.05, 0) is 56.2 Å². The van der Waals surface area contributed by atoms with Crippen molar-refractivity contribution in [2.45, 2.75) is 64.0 Å². The van der Waals surface area contributed by atoms with E-state index in [1.165, 1.54) is 0 Å². The number of fused-ring (bicyclic) bond motifs is 1. The van der Waals surface area contributed by atoms with Gasteiger partial charge in [-0.2, -0.15) is 0 Å². The first kappa shape index (κ1) is 19.6. The maximum Gasteiger partial charge on any atom is 0.289 e.